The average Bonchev–Trinajstić information content (AvgIpc) is 2.65. The SMILES string of the molecule is CCN(CC)c1ccc(C=NNC(=O)[C@@H](C)Oc2ccc(Br)cc2)cc1. The Balaban J connectivity index is 1.86. The van der Waals surface area contributed by atoms with Gasteiger partial charge in [0.05, 0.1) is 6.21 Å². The van der Waals surface area contributed by atoms with Crippen molar-refractivity contribution in [2.24, 2.45) is 5.10 Å². The molecule has 0 radical (unpaired) electrons. The second kappa shape index (κ2) is 9.97. The van der Waals surface area contributed by atoms with Crippen molar-refractivity contribution in [3.63, 3.8) is 0 Å². The van der Waals surface area contributed by atoms with Gasteiger partial charge in [-0.15, -0.1) is 0 Å². The molecule has 0 aliphatic carbocycles. The van der Waals surface area contributed by atoms with Crippen molar-refractivity contribution >= 4 is 33.7 Å². The number of ether oxygens (including phenoxy) is 1. The highest BCUT2D eigenvalue weighted by Gasteiger charge is 2.13. The van der Waals surface area contributed by atoms with Gasteiger partial charge in [0.1, 0.15) is 5.75 Å². The lowest BCUT2D eigenvalue weighted by atomic mass is 10.2. The summed E-state index contributed by atoms with van der Waals surface area (Å²) in [5, 5.41) is 4.01. The van der Waals surface area contributed by atoms with Crippen LogP contribution in [0.2, 0.25) is 0 Å². The summed E-state index contributed by atoms with van der Waals surface area (Å²) in [5.74, 6) is 0.329. The molecule has 5 nitrogen and oxygen atoms in total. The first-order valence-corrected chi connectivity index (χ1v) is 9.43. The summed E-state index contributed by atoms with van der Waals surface area (Å²) < 4.78 is 6.55. The second-order valence-electron chi connectivity index (χ2n) is 5.71. The Morgan fingerprint density at radius 2 is 1.77 bits per heavy atom. The minimum Gasteiger partial charge on any atom is -0.481 e. The van der Waals surface area contributed by atoms with Gasteiger partial charge in [-0.1, -0.05) is 28.1 Å². The molecule has 1 atom stereocenters. The molecule has 2 rings (SSSR count). The number of hydrazone groups is 1. The summed E-state index contributed by atoms with van der Waals surface area (Å²) in [5.41, 5.74) is 4.60. The number of nitrogens with one attached hydrogen (secondary N) is 1. The van der Waals surface area contributed by atoms with E-state index in [-0.39, 0.29) is 5.91 Å². The summed E-state index contributed by atoms with van der Waals surface area (Å²) in [6.07, 6.45) is 0.981. The fourth-order valence-electron chi connectivity index (χ4n) is 2.39. The first kappa shape index (κ1) is 20.0. The number of benzene rings is 2. The quantitative estimate of drug-likeness (QED) is 0.516. The normalized spacial score (nSPS) is 12.0. The van der Waals surface area contributed by atoms with Gasteiger partial charge in [-0.2, -0.15) is 5.10 Å². The van der Waals surface area contributed by atoms with Gasteiger partial charge in [0.2, 0.25) is 0 Å². The predicted octanol–water partition coefficient (Wildman–Crippen LogP) is 4.21. The van der Waals surface area contributed by atoms with Gasteiger partial charge in [-0.25, -0.2) is 5.43 Å². The molecule has 0 saturated heterocycles. The van der Waals surface area contributed by atoms with Crippen LogP contribution in [0, 0.1) is 0 Å². The van der Waals surface area contributed by atoms with E-state index in [1.807, 2.05) is 24.3 Å². The Hall–Kier alpha value is -2.34. The first-order valence-electron chi connectivity index (χ1n) is 8.63. The van der Waals surface area contributed by atoms with E-state index in [9.17, 15) is 4.79 Å². The molecule has 138 valence electrons. The van der Waals surface area contributed by atoms with Gasteiger partial charge in [-0.05, 0) is 62.7 Å². The molecule has 2 aromatic carbocycles. The van der Waals surface area contributed by atoms with E-state index < -0.39 is 6.10 Å². The molecule has 0 fully saturated rings. The molecule has 0 saturated carbocycles. The van der Waals surface area contributed by atoms with E-state index in [2.05, 4.69) is 57.3 Å². The first-order chi connectivity index (χ1) is 12.5. The van der Waals surface area contributed by atoms with Crippen LogP contribution in [0.5, 0.6) is 5.75 Å². The minimum atomic E-state index is -0.640. The highest BCUT2D eigenvalue weighted by Crippen LogP contribution is 2.17. The van der Waals surface area contributed by atoms with Crippen molar-refractivity contribution < 1.29 is 9.53 Å². The standard InChI is InChI=1S/C20H24BrN3O2/c1-4-24(5-2)18-10-6-16(7-11-18)14-22-23-20(25)15(3)26-19-12-8-17(21)9-13-19/h6-15H,4-5H2,1-3H3,(H,23,25)/t15-/m1/s1. The smallest absolute Gasteiger partial charge is 0.280 e. The molecule has 0 aromatic heterocycles. The second-order valence-corrected chi connectivity index (χ2v) is 6.63. The van der Waals surface area contributed by atoms with Crippen LogP contribution in [0.1, 0.15) is 26.3 Å². The molecular formula is C20H24BrN3O2. The molecule has 0 spiro atoms. The van der Waals surface area contributed by atoms with Gasteiger partial charge in [0.15, 0.2) is 6.10 Å². The molecule has 6 heteroatoms. The Kier molecular flexibility index (Phi) is 7.66. The van der Waals surface area contributed by atoms with Crippen molar-refractivity contribution in [2.45, 2.75) is 26.9 Å². The van der Waals surface area contributed by atoms with Crippen LogP contribution in [0.3, 0.4) is 0 Å². The van der Waals surface area contributed by atoms with E-state index in [1.165, 1.54) is 5.69 Å². The number of carbonyl (C=O) groups is 1. The Labute approximate surface area is 163 Å². The molecule has 2 aromatic rings. The van der Waals surface area contributed by atoms with Crippen molar-refractivity contribution in [1.29, 1.82) is 0 Å². The molecular weight excluding hydrogens is 394 g/mol. The van der Waals surface area contributed by atoms with Crippen molar-refractivity contribution in [1.82, 2.24) is 5.43 Å². The van der Waals surface area contributed by atoms with Crippen LogP contribution >= 0.6 is 15.9 Å². The summed E-state index contributed by atoms with van der Waals surface area (Å²) in [6, 6.07) is 15.4. The third-order valence-electron chi connectivity index (χ3n) is 3.91. The van der Waals surface area contributed by atoms with E-state index in [0.717, 1.165) is 23.1 Å². The lowest BCUT2D eigenvalue weighted by molar-refractivity contribution is -0.127. The van der Waals surface area contributed by atoms with E-state index >= 15 is 0 Å². The average molecular weight is 418 g/mol. The zero-order valence-corrected chi connectivity index (χ0v) is 16.9. The number of amides is 1. The predicted molar refractivity (Wildman–Crippen MR) is 110 cm³/mol. The lowest BCUT2D eigenvalue weighted by Gasteiger charge is -2.20. The zero-order valence-electron chi connectivity index (χ0n) is 15.3. The number of hydrogen-bond acceptors (Lipinski definition) is 4. The third kappa shape index (κ3) is 5.88. The molecule has 0 aliphatic rings. The molecule has 26 heavy (non-hydrogen) atoms. The maximum Gasteiger partial charge on any atom is 0.280 e. The van der Waals surface area contributed by atoms with Crippen LogP contribution in [-0.2, 0) is 4.79 Å². The van der Waals surface area contributed by atoms with Crippen molar-refractivity contribution in [2.75, 3.05) is 18.0 Å². The number of hydrogen-bond donors (Lipinski definition) is 1. The number of carbonyl (C=O) groups excluding carboxylic acids is 1. The van der Waals surface area contributed by atoms with Crippen molar-refractivity contribution in [3.8, 4) is 5.75 Å². The minimum absolute atomic E-state index is 0.302. The van der Waals surface area contributed by atoms with Crippen LogP contribution in [0.25, 0.3) is 0 Å². The Bertz CT molecular complexity index is 726. The maximum absolute atomic E-state index is 12.1. The van der Waals surface area contributed by atoms with Crippen molar-refractivity contribution in [3.05, 3.63) is 58.6 Å². The summed E-state index contributed by atoms with van der Waals surface area (Å²) in [6.45, 7) is 7.89. The third-order valence-corrected chi connectivity index (χ3v) is 4.43. The molecule has 0 unspecified atom stereocenters. The molecule has 0 aliphatic heterocycles. The van der Waals surface area contributed by atoms with Gasteiger partial charge in [0.25, 0.3) is 5.91 Å². The molecule has 0 bridgehead atoms. The zero-order chi connectivity index (χ0) is 18.9. The monoisotopic (exact) mass is 417 g/mol. The number of nitrogens with zero attached hydrogens (tertiary/aromatic N) is 2. The van der Waals surface area contributed by atoms with Gasteiger partial charge in [-0.3, -0.25) is 4.79 Å². The number of halogens is 1. The van der Waals surface area contributed by atoms with Gasteiger partial charge in [0, 0.05) is 23.2 Å². The Morgan fingerprint density at radius 1 is 1.15 bits per heavy atom. The van der Waals surface area contributed by atoms with Crippen LogP contribution in [-0.4, -0.2) is 31.3 Å². The molecule has 1 N–H and O–H groups in total. The molecule has 0 heterocycles. The number of rotatable bonds is 8. The van der Waals surface area contributed by atoms with E-state index in [0.29, 0.717) is 5.75 Å². The highest BCUT2D eigenvalue weighted by atomic mass is 79.9. The highest BCUT2D eigenvalue weighted by molar-refractivity contribution is 9.10. The van der Waals surface area contributed by atoms with Gasteiger partial charge < -0.3 is 9.64 Å². The summed E-state index contributed by atoms with van der Waals surface area (Å²) >= 11 is 3.36. The summed E-state index contributed by atoms with van der Waals surface area (Å²) in [4.78, 5) is 14.3. The maximum atomic E-state index is 12.1. The fourth-order valence-corrected chi connectivity index (χ4v) is 2.66. The van der Waals surface area contributed by atoms with Crippen LogP contribution < -0.4 is 15.1 Å². The topological polar surface area (TPSA) is 53.9 Å². The largest absolute Gasteiger partial charge is 0.481 e. The van der Waals surface area contributed by atoms with Gasteiger partial charge >= 0.3 is 0 Å². The van der Waals surface area contributed by atoms with E-state index in [1.54, 1.807) is 25.3 Å². The Morgan fingerprint density at radius 3 is 2.35 bits per heavy atom. The fraction of sp³-hybridized carbons (Fsp3) is 0.300. The summed E-state index contributed by atoms with van der Waals surface area (Å²) in [7, 11) is 0. The lowest BCUT2D eigenvalue weighted by Crippen LogP contribution is -2.33. The number of anilines is 1. The van der Waals surface area contributed by atoms with Crippen LogP contribution in [0.4, 0.5) is 5.69 Å². The molecule has 1 amide bonds. The van der Waals surface area contributed by atoms with Crippen LogP contribution in [0.15, 0.2) is 58.1 Å². The van der Waals surface area contributed by atoms with E-state index in [4.69, 9.17) is 4.74 Å².